The minimum Gasteiger partial charge on any atom is -0.242 e. The summed E-state index contributed by atoms with van der Waals surface area (Å²) in [6.45, 7) is 11.8. The monoisotopic (exact) mass is 350 g/mol. The van der Waals surface area contributed by atoms with Gasteiger partial charge >= 0.3 is 0 Å². The summed E-state index contributed by atoms with van der Waals surface area (Å²) in [5.74, 6) is 2.42. The van der Waals surface area contributed by atoms with Crippen LogP contribution >= 0.6 is 0 Å². The first-order chi connectivity index (χ1) is 10.5. The van der Waals surface area contributed by atoms with Crippen LogP contribution in [-0.2, 0) is 11.0 Å². The van der Waals surface area contributed by atoms with E-state index in [0.717, 1.165) is 0 Å². The predicted octanol–water partition coefficient (Wildman–Crippen LogP) is 3.67. The van der Waals surface area contributed by atoms with E-state index in [2.05, 4.69) is 35.8 Å². The van der Waals surface area contributed by atoms with E-state index in [1.54, 1.807) is 12.1 Å². The molecule has 0 spiro atoms. The fraction of sp³-hybridized carbons (Fsp3) is 0.471. The van der Waals surface area contributed by atoms with Crippen molar-refractivity contribution in [1.82, 2.24) is 4.72 Å². The summed E-state index contributed by atoms with van der Waals surface area (Å²) in [7, 11) is -3.08. The normalized spacial score (nSPS) is 14.3. The van der Waals surface area contributed by atoms with Crippen molar-refractivity contribution in [2.45, 2.75) is 51.2 Å². The predicted molar refractivity (Wildman–Crippen MR) is 96.0 cm³/mol. The highest BCUT2D eigenvalue weighted by Gasteiger charge is 2.25. The number of hydrogen-bond acceptors (Lipinski definition) is 2. The molecule has 0 radical (unpaired) electrons. The topological polar surface area (TPSA) is 52.9 Å². The molecule has 0 amide bonds. The van der Waals surface area contributed by atoms with Gasteiger partial charge in [0.05, 0.1) is 21.3 Å². The fourth-order valence-electron chi connectivity index (χ4n) is 1.60. The fourth-order valence-corrected chi connectivity index (χ4v) is 2.93. The minimum atomic E-state index is -1.68. The Bertz CT molecular complexity index is 703. The summed E-state index contributed by atoms with van der Waals surface area (Å²) in [6, 6.07) is 5.72. The molecule has 0 heterocycles. The average Bonchev–Trinajstić information content (AvgIpc) is 2.41. The summed E-state index contributed by atoms with van der Waals surface area (Å²) in [4.78, 5) is 0. The van der Waals surface area contributed by atoms with Crippen LogP contribution < -0.4 is 4.72 Å². The Morgan fingerprint density at radius 2 is 1.91 bits per heavy atom. The molecule has 2 atom stereocenters. The molecule has 0 aromatic heterocycles. The Labute approximate surface area is 141 Å². The largest absolute Gasteiger partial charge is 0.242 e. The molecule has 124 valence electrons. The van der Waals surface area contributed by atoms with E-state index in [9.17, 15) is 8.60 Å². The molecule has 0 bridgehead atoms. The van der Waals surface area contributed by atoms with Crippen LogP contribution in [0.3, 0.4) is 0 Å². The van der Waals surface area contributed by atoms with Crippen molar-refractivity contribution in [3.63, 3.8) is 0 Å². The average molecular weight is 351 g/mol. The Balaban J connectivity index is 3.33. The Hall–Kier alpha value is -1.47. The first-order valence-electron chi connectivity index (χ1n) is 7.35. The van der Waals surface area contributed by atoms with Crippen molar-refractivity contribution in [3.8, 4) is 17.5 Å². The summed E-state index contributed by atoms with van der Waals surface area (Å²) in [5.41, 5.74) is 3.40. The lowest BCUT2D eigenvalue weighted by Gasteiger charge is -2.22. The van der Waals surface area contributed by atoms with Crippen LogP contribution in [0.5, 0.6) is 0 Å². The molecule has 0 aliphatic heterocycles. The van der Waals surface area contributed by atoms with Gasteiger partial charge in [0.15, 0.2) is 0 Å². The highest BCUT2D eigenvalue weighted by atomic mass is 32.2. The van der Waals surface area contributed by atoms with Gasteiger partial charge in [-0.05, 0) is 26.8 Å². The van der Waals surface area contributed by atoms with Crippen molar-refractivity contribution >= 4 is 19.1 Å². The van der Waals surface area contributed by atoms with Crippen LogP contribution in [0, 0.1) is 28.6 Å². The SMILES string of the molecule is CC(C)(C)[S@](=O)N[C@H](C#C[Si](C)(C)C)c1cccc(C#N)c1F. The van der Waals surface area contributed by atoms with Gasteiger partial charge in [0, 0.05) is 5.56 Å². The first-order valence-corrected chi connectivity index (χ1v) is 12.0. The number of rotatable bonds is 3. The molecule has 0 fully saturated rings. The van der Waals surface area contributed by atoms with Gasteiger partial charge in [-0.3, -0.25) is 0 Å². The van der Waals surface area contributed by atoms with E-state index in [1.165, 1.54) is 6.07 Å². The van der Waals surface area contributed by atoms with Gasteiger partial charge < -0.3 is 0 Å². The van der Waals surface area contributed by atoms with Gasteiger partial charge in [-0.1, -0.05) is 37.7 Å². The zero-order valence-corrected chi connectivity index (χ0v) is 16.3. The highest BCUT2D eigenvalue weighted by molar-refractivity contribution is 7.84. The van der Waals surface area contributed by atoms with E-state index in [4.69, 9.17) is 5.26 Å². The van der Waals surface area contributed by atoms with Gasteiger partial charge in [-0.15, -0.1) is 5.54 Å². The van der Waals surface area contributed by atoms with Crippen LogP contribution in [0.2, 0.25) is 19.6 Å². The second-order valence-electron chi connectivity index (χ2n) is 7.27. The molecule has 0 aliphatic rings. The molecular weight excluding hydrogens is 327 g/mol. The van der Waals surface area contributed by atoms with Crippen molar-refractivity contribution < 1.29 is 8.60 Å². The number of nitriles is 1. The molecule has 1 aromatic rings. The summed E-state index contributed by atoms with van der Waals surface area (Å²) in [5, 5.41) is 9.00. The quantitative estimate of drug-likeness (QED) is 0.668. The molecular formula is C17H23FN2OSSi. The molecule has 0 unspecified atom stereocenters. The lowest BCUT2D eigenvalue weighted by atomic mass is 10.0. The second kappa shape index (κ2) is 7.40. The van der Waals surface area contributed by atoms with Crippen molar-refractivity contribution in [1.29, 1.82) is 5.26 Å². The minimum absolute atomic E-state index is 0.0364. The maximum atomic E-state index is 14.5. The summed E-state index contributed by atoms with van der Waals surface area (Å²) in [6.07, 6.45) is 0. The third-order valence-electron chi connectivity index (χ3n) is 2.83. The van der Waals surface area contributed by atoms with Crippen molar-refractivity contribution in [2.24, 2.45) is 0 Å². The molecule has 0 saturated carbocycles. The summed E-state index contributed by atoms with van der Waals surface area (Å²) >= 11 is 0. The van der Waals surface area contributed by atoms with Gasteiger partial charge in [0.2, 0.25) is 0 Å². The standard InChI is InChI=1S/C17H23FN2OSSi/c1-17(2,3)22(21)20-15(10-11-23(4,5)6)14-9-7-8-13(12-19)16(14)18/h7-9,15,20H,1-6H3/t15-,22+/m1/s1. The van der Waals surface area contributed by atoms with E-state index in [-0.39, 0.29) is 11.1 Å². The molecule has 1 rings (SSSR count). The van der Waals surface area contributed by atoms with Crippen molar-refractivity contribution in [3.05, 3.63) is 35.1 Å². The summed E-state index contributed by atoms with van der Waals surface area (Å²) < 4.78 is 29.3. The van der Waals surface area contributed by atoms with Gasteiger partial charge in [-0.25, -0.2) is 13.3 Å². The number of nitrogens with one attached hydrogen (secondary N) is 1. The second-order valence-corrected chi connectivity index (χ2v) is 14.0. The van der Waals surface area contributed by atoms with Crippen molar-refractivity contribution in [2.75, 3.05) is 0 Å². The van der Waals surface area contributed by atoms with E-state index in [1.807, 2.05) is 26.8 Å². The molecule has 1 aromatic carbocycles. The van der Waals surface area contributed by atoms with E-state index >= 15 is 0 Å². The van der Waals surface area contributed by atoms with Crippen LogP contribution in [0.1, 0.15) is 37.9 Å². The number of nitrogens with zero attached hydrogens (tertiary/aromatic N) is 1. The van der Waals surface area contributed by atoms with Gasteiger partial charge in [0.1, 0.15) is 26.0 Å². The van der Waals surface area contributed by atoms with Crippen LogP contribution in [0.15, 0.2) is 18.2 Å². The Morgan fingerprint density at radius 1 is 1.30 bits per heavy atom. The molecule has 1 N–H and O–H groups in total. The zero-order valence-electron chi connectivity index (χ0n) is 14.5. The molecule has 0 saturated heterocycles. The zero-order chi connectivity index (χ0) is 17.8. The lowest BCUT2D eigenvalue weighted by molar-refractivity contribution is 0.587. The lowest BCUT2D eigenvalue weighted by Crippen LogP contribution is -2.36. The first kappa shape index (κ1) is 19.6. The maximum absolute atomic E-state index is 14.5. The third kappa shape index (κ3) is 5.91. The molecule has 6 heteroatoms. The number of hydrogen-bond donors (Lipinski definition) is 1. The molecule has 0 aliphatic carbocycles. The Kier molecular flexibility index (Phi) is 6.30. The Morgan fingerprint density at radius 3 is 2.39 bits per heavy atom. The third-order valence-corrected chi connectivity index (χ3v) is 5.29. The molecule has 23 heavy (non-hydrogen) atoms. The maximum Gasteiger partial charge on any atom is 0.146 e. The van der Waals surface area contributed by atoms with Gasteiger partial charge in [-0.2, -0.15) is 5.26 Å². The number of halogens is 1. The molecule has 3 nitrogen and oxygen atoms in total. The van der Waals surface area contributed by atoms with Gasteiger partial charge in [0.25, 0.3) is 0 Å². The van der Waals surface area contributed by atoms with Crippen LogP contribution in [0.25, 0.3) is 0 Å². The highest BCUT2D eigenvalue weighted by Crippen LogP contribution is 2.22. The number of benzene rings is 1. The van der Waals surface area contributed by atoms with E-state index < -0.39 is 35.7 Å². The van der Waals surface area contributed by atoms with E-state index in [0.29, 0.717) is 0 Å². The smallest absolute Gasteiger partial charge is 0.146 e. The van der Waals surface area contributed by atoms with Crippen LogP contribution in [-0.4, -0.2) is 17.0 Å². The van der Waals surface area contributed by atoms with Crippen LogP contribution in [0.4, 0.5) is 4.39 Å².